The standard InChI is InChI=1S/C15H15N3/c1-10-4-3-5-14-15(10)12(9-18(14)2)13-7-6-11(16)8-17-13/h3-9H,16H2,1-2H3. The van der Waals surface area contributed by atoms with E-state index in [9.17, 15) is 0 Å². The minimum atomic E-state index is 0.690. The largest absolute Gasteiger partial charge is 0.397 e. The van der Waals surface area contributed by atoms with E-state index in [1.54, 1.807) is 6.20 Å². The zero-order chi connectivity index (χ0) is 12.7. The van der Waals surface area contributed by atoms with Gasteiger partial charge in [0.1, 0.15) is 0 Å². The van der Waals surface area contributed by atoms with Crippen molar-refractivity contribution in [2.45, 2.75) is 6.92 Å². The maximum Gasteiger partial charge on any atom is 0.0725 e. The predicted molar refractivity (Wildman–Crippen MR) is 75.3 cm³/mol. The molecule has 2 N–H and O–H groups in total. The highest BCUT2D eigenvalue weighted by Crippen LogP contribution is 2.31. The Balaban J connectivity index is 2.32. The van der Waals surface area contributed by atoms with Gasteiger partial charge >= 0.3 is 0 Å². The Kier molecular flexibility index (Phi) is 2.33. The number of aryl methyl sites for hydroxylation is 2. The normalized spacial score (nSPS) is 11.0. The minimum absolute atomic E-state index is 0.690. The first kappa shape index (κ1) is 10.8. The SMILES string of the molecule is Cc1cccc2c1c(-c1ccc(N)cn1)cn2C. The van der Waals surface area contributed by atoms with Crippen molar-refractivity contribution in [3.8, 4) is 11.3 Å². The number of nitrogens with zero attached hydrogens (tertiary/aromatic N) is 2. The van der Waals surface area contributed by atoms with E-state index in [0.717, 1.165) is 11.3 Å². The number of rotatable bonds is 1. The summed E-state index contributed by atoms with van der Waals surface area (Å²) in [5.74, 6) is 0. The second-order valence-electron chi connectivity index (χ2n) is 4.60. The summed E-state index contributed by atoms with van der Waals surface area (Å²) in [5, 5.41) is 1.26. The molecule has 0 bridgehead atoms. The lowest BCUT2D eigenvalue weighted by atomic mass is 10.1. The summed E-state index contributed by atoms with van der Waals surface area (Å²) in [6, 6.07) is 10.2. The molecule has 0 aliphatic carbocycles. The Hall–Kier alpha value is -2.29. The molecule has 0 saturated heterocycles. The quantitative estimate of drug-likeness (QED) is 0.706. The van der Waals surface area contributed by atoms with Crippen molar-refractivity contribution in [2.24, 2.45) is 7.05 Å². The molecule has 2 heterocycles. The fourth-order valence-corrected chi connectivity index (χ4v) is 2.38. The first-order chi connectivity index (χ1) is 8.66. The van der Waals surface area contributed by atoms with E-state index in [-0.39, 0.29) is 0 Å². The average molecular weight is 237 g/mol. The van der Waals surface area contributed by atoms with Gasteiger partial charge < -0.3 is 10.3 Å². The van der Waals surface area contributed by atoms with Crippen molar-refractivity contribution in [1.29, 1.82) is 0 Å². The van der Waals surface area contributed by atoms with Crippen LogP contribution in [0, 0.1) is 6.92 Å². The monoisotopic (exact) mass is 237 g/mol. The van der Waals surface area contributed by atoms with Crippen LogP contribution in [-0.4, -0.2) is 9.55 Å². The van der Waals surface area contributed by atoms with Gasteiger partial charge in [0.2, 0.25) is 0 Å². The van der Waals surface area contributed by atoms with Crippen LogP contribution in [-0.2, 0) is 7.05 Å². The zero-order valence-corrected chi connectivity index (χ0v) is 10.5. The number of fused-ring (bicyclic) bond motifs is 1. The fourth-order valence-electron chi connectivity index (χ4n) is 2.38. The van der Waals surface area contributed by atoms with Crippen LogP contribution < -0.4 is 5.73 Å². The summed E-state index contributed by atoms with van der Waals surface area (Å²) in [7, 11) is 2.06. The number of benzene rings is 1. The Labute approximate surface area is 106 Å². The number of hydrogen-bond donors (Lipinski definition) is 1. The maximum absolute atomic E-state index is 5.68. The third-order valence-corrected chi connectivity index (χ3v) is 3.29. The minimum Gasteiger partial charge on any atom is -0.397 e. The lowest BCUT2D eigenvalue weighted by Crippen LogP contribution is -1.88. The van der Waals surface area contributed by atoms with Crippen LogP contribution in [0.5, 0.6) is 0 Å². The summed E-state index contributed by atoms with van der Waals surface area (Å²) < 4.78 is 2.13. The van der Waals surface area contributed by atoms with Crippen LogP contribution in [0.1, 0.15) is 5.56 Å². The van der Waals surface area contributed by atoms with E-state index in [4.69, 9.17) is 5.73 Å². The van der Waals surface area contributed by atoms with Crippen molar-refractivity contribution in [1.82, 2.24) is 9.55 Å². The van der Waals surface area contributed by atoms with E-state index in [1.165, 1.54) is 16.5 Å². The van der Waals surface area contributed by atoms with Crippen LogP contribution in [0.15, 0.2) is 42.7 Å². The number of anilines is 1. The molecule has 0 spiro atoms. The van der Waals surface area contributed by atoms with Crippen LogP contribution >= 0.6 is 0 Å². The molecule has 0 fully saturated rings. The van der Waals surface area contributed by atoms with Crippen LogP contribution in [0.2, 0.25) is 0 Å². The number of aromatic nitrogens is 2. The van der Waals surface area contributed by atoms with Crippen molar-refractivity contribution >= 4 is 16.6 Å². The third-order valence-electron chi connectivity index (χ3n) is 3.29. The van der Waals surface area contributed by atoms with Gasteiger partial charge in [0, 0.05) is 29.7 Å². The summed E-state index contributed by atoms with van der Waals surface area (Å²) in [5.41, 5.74) is 11.0. The Morgan fingerprint density at radius 3 is 2.72 bits per heavy atom. The van der Waals surface area contributed by atoms with Crippen LogP contribution in [0.3, 0.4) is 0 Å². The van der Waals surface area contributed by atoms with E-state index < -0.39 is 0 Å². The second-order valence-corrected chi connectivity index (χ2v) is 4.60. The predicted octanol–water partition coefficient (Wildman–Crippen LogP) is 3.13. The van der Waals surface area contributed by atoms with E-state index in [2.05, 4.69) is 47.9 Å². The molecular formula is C15H15N3. The summed E-state index contributed by atoms with van der Waals surface area (Å²) in [6.45, 7) is 2.13. The molecule has 0 aliphatic rings. The molecule has 2 aromatic heterocycles. The topological polar surface area (TPSA) is 43.8 Å². The zero-order valence-electron chi connectivity index (χ0n) is 10.5. The van der Waals surface area contributed by atoms with Crippen molar-refractivity contribution in [3.05, 3.63) is 48.3 Å². The molecule has 0 radical (unpaired) electrons. The lowest BCUT2D eigenvalue weighted by Gasteiger charge is -2.02. The number of nitrogens with two attached hydrogens (primary N) is 1. The smallest absolute Gasteiger partial charge is 0.0725 e. The van der Waals surface area contributed by atoms with Crippen LogP contribution in [0.4, 0.5) is 5.69 Å². The van der Waals surface area contributed by atoms with Gasteiger partial charge in [-0.05, 0) is 30.7 Å². The van der Waals surface area contributed by atoms with Gasteiger partial charge in [-0.2, -0.15) is 0 Å². The molecule has 3 heteroatoms. The molecule has 1 aromatic carbocycles. The summed E-state index contributed by atoms with van der Waals surface area (Å²) in [6.07, 6.45) is 3.82. The molecule has 90 valence electrons. The van der Waals surface area contributed by atoms with Gasteiger partial charge in [0.05, 0.1) is 17.6 Å². The molecular weight excluding hydrogens is 222 g/mol. The van der Waals surface area contributed by atoms with E-state index >= 15 is 0 Å². The molecule has 3 aromatic rings. The molecule has 0 amide bonds. The molecule has 0 aliphatic heterocycles. The molecule has 0 unspecified atom stereocenters. The fraction of sp³-hybridized carbons (Fsp3) is 0.133. The van der Waals surface area contributed by atoms with Gasteiger partial charge in [-0.3, -0.25) is 4.98 Å². The van der Waals surface area contributed by atoms with Gasteiger partial charge in [0.25, 0.3) is 0 Å². The highest BCUT2D eigenvalue weighted by molar-refractivity contribution is 5.97. The number of hydrogen-bond acceptors (Lipinski definition) is 2. The van der Waals surface area contributed by atoms with Crippen molar-refractivity contribution < 1.29 is 0 Å². The van der Waals surface area contributed by atoms with E-state index in [1.807, 2.05) is 12.1 Å². The molecule has 0 saturated carbocycles. The number of nitrogen functional groups attached to an aromatic ring is 1. The van der Waals surface area contributed by atoms with Gasteiger partial charge in [0.15, 0.2) is 0 Å². The first-order valence-electron chi connectivity index (χ1n) is 5.93. The Bertz CT molecular complexity index is 708. The third kappa shape index (κ3) is 1.56. The number of pyridine rings is 1. The van der Waals surface area contributed by atoms with Gasteiger partial charge in [-0.1, -0.05) is 12.1 Å². The first-order valence-corrected chi connectivity index (χ1v) is 5.93. The molecule has 3 nitrogen and oxygen atoms in total. The van der Waals surface area contributed by atoms with Crippen LogP contribution in [0.25, 0.3) is 22.2 Å². The van der Waals surface area contributed by atoms with Crippen molar-refractivity contribution in [2.75, 3.05) is 5.73 Å². The van der Waals surface area contributed by atoms with Crippen molar-refractivity contribution in [3.63, 3.8) is 0 Å². The van der Waals surface area contributed by atoms with Gasteiger partial charge in [-0.25, -0.2) is 0 Å². The summed E-state index contributed by atoms with van der Waals surface area (Å²) in [4.78, 5) is 4.41. The van der Waals surface area contributed by atoms with E-state index in [0.29, 0.717) is 5.69 Å². The summed E-state index contributed by atoms with van der Waals surface area (Å²) >= 11 is 0. The Morgan fingerprint density at radius 1 is 1.17 bits per heavy atom. The highest BCUT2D eigenvalue weighted by atomic mass is 14.9. The molecule has 18 heavy (non-hydrogen) atoms. The maximum atomic E-state index is 5.68. The average Bonchev–Trinajstić information content (AvgIpc) is 2.70. The van der Waals surface area contributed by atoms with Gasteiger partial charge in [-0.15, -0.1) is 0 Å². The lowest BCUT2D eigenvalue weighted by molar-refractivity contribution is 0.969. The molecule has 0 atom stereocenters. The second kappa shape index (κ2) is 3.88. The highest BCUT2D eigenvalue weighted by Gasteiger charge is 2.11. The Morgan fingerprint density at radius 2 is 2.00 bits per heavy atom. The molecule has 3 rings (SSSR count).